The zero-order valence-electron chi connectivity index (χ0n) is 12.3. The summed E-state index contributed by atoms with van der Waals surface area (Å²) in [5.74, 6) is 0.829. The molecule has 0 saturated heterocycles. The van der Waals surface area contributed by atoms with Crippen molar-refractivity contribution in [2.75, 3.05) is 0 Å². The topological polar surface area (TPSA) is 47.4 Å². The number of aliphatic imine (C=N–C) groups is 1. The monoisotopic (exact) mass is 285 g/mol. The quantitative estimate of drug-likeness (QED) is 0.635. The van der Waals surface area contributed by atoms with E-state index >= 15 is 0 Å². The van der Waals surface area contributed by atoms with E-state index in [4.69, 9.17) is 4.43 Å². The fourth-order valence-electron chi connectivity index (χ4n) is 1.66. The number of aromatic nitrogens is 2. The first kappa shape index (κ1) is 14.4. The Morgan fingerprint density at radius 2 is 2.00 bits per heavy atom. The van der Waals surface area contributed by atoms with Crippen LogP contribution in [-0.2, 0) is 0 Å². The molecule has 2 rings (SSSR count). The molecule has 0 saturated carbocycles. The van der Waals surface area contributed by atoms with E-state index in [-0.39, 0.29) is 0 Å². The summed E-state index contributed by atoms with van der Waals surface area (Å²) in [5.41, 5.74) is 2.71. The summed E-state index contributed by atoms with van der Waals surface area (Å²) < 4.78 is 6.07. The Morgan fingerprint density at radius 1 is 1.20 bits per heavy atom. The standard InChI is InChI=1S/C15H19N3OSi/c1-12-5-6-15(19-20(2,3)4)14(9-12)18-11-13-10-16-7-8-17-13/h5-11H,1-4H3/b18-11+. The maximum Gasteiger partial charge on any atom is 0.242 e. The van der Waals surface area contributed by atoms with E-state index in [2.05, 4.69) is 34.6 Å². The van der Waals surface area contributed by atoms with E-state index in [0.29, 0.717) is 0 Å². The molecule has 0 radical (unpaired) electrons. The van der Waals surface area contributed by atoms with Crippen molar-refractivity contribution in [2.45, 2.75) is 26.6 Å². The van der Waals surface area contributed by atoms with Crippen LogP contribution in [0.15, 0.2) is 41.8 Å². The van der Waals surface area contributed by atoms with Crippen molar-refractivity contribution in [2.24, 2.45) is 4.99 Å². The first-order valence-electron chi connectivity index (χ1n) is 6.54. The maximum atomic E-state index is 6.07. The van der Waals surface area contributed by atoms with Gasteiger partial charge in [-0.05, 0) is 44.3 Å². The van der Waals surface area contributed by atoms with E-state index < -0.39 is 8.32 Å². The molecule has 20 heavy (non-hydrogen) atoms. The van der Waals surface area contributed by atoms with Crippen LogP contribution in [0.25, 0.3) is 0 Å². The second-order valence-electron chi connectivity index (χ2n) is 5.57. The van der Waals surface area contributed by atoms with Gasteiger partial charge in [-0.15, -0.1) is 0 Å². The lowest BCUT2D eigenvalue weighted by atomic mass is 10.2. The summed E-state index contributed by atoms with van der Waals surface area (Å²) in [6.45, 7) is 8.51. The Balaban J connectivity index is 2.30. The van der Waals surface area contributed by atoms with Crippen molar-refractivity contribution >= 4 is 20.2 Å². The van der Waals surface area contributed by atoms with Crippen molar-refractivity contribution in [3.63, 3.8) is 0 Å². The van der Waals surface area contributed by atoms with Crippen LogP contribution in [0.4, 0.5) is 5.69 Å². The van der Waals surface area contributed by atoms with Gasteiger partial charge in [0, 0.05) is 12.4 Å². The van der Waals surface area contributed by atoms with E-state index in [1.807, 2.05) is 25.1 Å². The average molecular weight is 285 g/mol. The van der Waals surface area contributed by atoms with Gasteiger partial charge in [-0.25, -0.2) is 0 Å². The molecule has 0 atom stereocenters. The van der Waals surface area contributed by atoms with E-state index in [0.717, 1.165) is 22.7 Å². The second kappa shape index (κ2) is 5.96. The molecule has 0 amide bonds. The fourth-order valence-corrected chi connectivity index (χ4v) is 2.49. The molecule has 4 nitrogen and oxygen atoms in total. The molecule has 0 N–H and O–H groups in total. The van der Waals surface area contributed by atoms with Crippen LogP contribution in [0.5, 0.6) is 5.75 Å². The van der Waals surface area contributed by atoms with Crippen LogP contribution < -0.4 is 4.43 Å². The van der Waals surface area contributed by atoms with Gasteiger partial charge in [0.2, 0.25) is 8.32 Å². The number of nitrogens with zero attached hydrogens (tertiary/aromatic N) is 3. The Bertz CT molecular complexity index is 606. The van der Waals surface area contributed by atoms with Gasteiger partial charge < -0.3 is 4.43 Å². The number of aryl methyl sites for hydroxylation is 1. The van der Waals surface area contributed by atoms with Crippen molar-refractivity contribution in [3.05, 3.63) is 48.0 Å². The molecule has 1 aromatic carbocycles. The SMILES string of the molecule is Cc1ccc(O[Si](C)(C)C)c(/N=C/c2cnccn2)c1. The normalized spacial score (nSPS) is 11.8. The second-order valence-corrected chi connectivity index (χ2v) is 10.0. The minimum absolute atomic E-state index is 0.730. The molecular weight excluding hydrogens is 266 g/mol. The van der Waals surface area contributed by atoms with Gasteiger partial charge in [-0.3, -0.25) is 15.0 Å². The summed E-state index contributed by atoms with van der Waals surface area (Å²) in [6, 6.07) is 6.04. The predicted octanol–water partition coefficient (Wildman–Crippen LogP) is 3.75. The van der Waals surface area contributed by atoms with Gasteiger partial charge >= 0.3 is 0 Å². The fraction of sp³-hybridized carbons (Fsp3) is 0.267. The molecule has 1 heterocycles. The summed E-state index contributed by atoms with van der Waals surface area (Å²) in [7, 11) is -1.66. The summed E-state index contributed by atoms with van der Waals surface area (Å²) in [4.78, 5) is 12.7. The van der Waals surface area contributed by atoms with E-state index in [1.165, 1.54) is 0 Å². The van der Waals surface area contributed by atoms with Gasteiger partial charge in [0.1, 0.15) is 11.4 Å². The predicted molar refractivity (Wildman–Crippen MR) is 84.4 cm³/mol. The molecular formula is C15H19N3OSi. The highest BCUT2D eigenvalue weighted by atomic mass is 28.4. The van der Waals surface area contributed by atoms with Crippen LogP contribution >= 0.6 is 0 Å². The smallest absolute Gasteiger partial charge is 0.242 e. The molecule has 104 valence electrons. The zero-order valence-corrected chi connectivity index (χ0v) is 13.3. The molecule has 1 aromatic heterocycles. The zero-order chi connectivity index (χ0) is 14.6. The molecule has 0 aliphatic carbocycles. The van der Waals surface area contributed by atoms with E-state index in [1.54, 1.807) is 24.8 Å². The number of rotatable bonds is 4. The van der Waals surface area contributed by atoms with Gasteiger partial charge in [-0.1, -0.05) is 6.07 Å². The Kier molecular flexibility index (Phi) is 4.29. The van der Waals surface area contributed by atoms with Crippen molar-refractivity contribution in [1.82, 2.24) is 9.97 Å². The third-order valence-corrected chi connectivity index (χ3v) is 3.28. The number of hydrogen-bond donors (Lipinski definition) is 0. The van der Waals surface area contributed by atoms with Crippen LogP contribution in [0.3, 0.4) is 0 Å². The molecule has 0 bridgehead atoms. The number of hydrogen-bond acceptors (Lipinski definition) is 4. The van der Waals surface area contributed by atoms with Gasteiger partial charge in [0.25, 0.3) is 0 Å². The highest BCUT2D eigenvalue weighted by Crippen LogP contribution is 2.30. The minimum Gasteiger partial charge on any atom is -0.543 e. The largest absolute Gasteiger partial charge is 0.543 e. The lowest BCUT2D eigenvalue weighted by molar-refractivity contribution is 0.559. The van der Waals surface area contributed by atoms with Crippen LogP contribution in [0.1, 0.15) is 11.3 Å². The summed E-state index contributed by atoms with van der Waals surface area (Å²) in [5, 5.41) is 0. The van der Waals surface area contributed by atoms with Crippen molar-refractivity contribution in [1.29, 1.82) is 0 Å². The van der Waals surface area contributed by atoms with Crippen LogP contribution in [0, 0.1) is 6.92 Å². The molecule has 0 aliphatic heterocycles. The third kappa shape index (κ3) is 4.27. The molecule has 2 aromatic rings. The Morgan fingerprint density at radius 3 is 2.65 bits per heavy atom. The van der Waals surface area contributed by atoms with E-state index in [9.17, 15) is 0 Å². The molecule has 0 aliphatic rings. The number of benzene rings is 1. The lowest BCUT2D eigenvalue weighted by Gasteiger charge is -2.20. The first-order valence-corrected chi connectivity index (χ1v) is 9.95. The van der Waals surface area contributed by atoms with Gasteiger partial charge in [0.15, 0.2) is 0 Å². The van der Waals surface area contributed by atoms with Gasteiger partial charge in [0.05, 0.1) is 18.1 Å². The Hall–Kier alpha value is -2.01. The molecule has 0 spiro atoms. The van der Waals surface area contributed by atoms with Crippen molar-refractivity contribution in [3.8, 4) is 5.75 Å². The molecule has 0 fully saturated rings. The lowest BCUT2D eigenvalue weighted by Crippen LogP contribution is -2.29. The average Bonchev–Trinajstić information content (AvgIpc) is 2.39. The highest BCUT2D eigenvalue weighted by molar-refractivity contribution is 6.70. The van der Waals surface area contributed by atoms with Crippen LogP contribution in [-0.4, -0.2) is 24.5 Å². The van der Waals surface area contributed by atoms with Crippen LogP contribution in [0.2, 0.25) is 19.6 Å². The highest BCUT2D eigenvalue weighted by Gasteiger charge is 2.18. The molecule has 5 heteroatoms. The maximum absolute atomic E-state index is 6.07. The third-order valence-electron chi connectivity index (χ3n) is 2.45. The Labute approximate surface area is 120 Å². The van der Waals surface area contributed by atoms with Gasteiger partial charge in [-0.2, -0.15) is 0 Å². The first-order chi connectivity index (χ1) is 9.44. The van der Waals surface area contributed by atoms with Crippen molar-refractivity contribution < 1.29 is 4.43 Å². The summed E-state index contributed by atoms with van der Waals surface area (Å²) >= 11 is 0. The summed E-state index contributed by atoms with van der Waals surface area (Å²) in [6.07, 6.45) is 6.68. The molecule has 0 unspecified atom stereocenters. The minimum atomic E-state index is -1.66.